The maximum absolute atomic E-state index is 15.0. The van der Waals surface area contributed by atoms with E-state index in [0.717, 1.165) is 32.1 Å². The summed E-state index contributed by atoms with van der Waals surface area (Å²) in [6.07, 6.45) is 7.10. The van der Waals surface area contributed by atoms with Crippen molar-refractivity contribution in [2.75, 3.05) is 0 Å². The first-order chi connectivity index (χ1) is 15.1. The molecule has 0 N–H and O–H groups in total. The molecule has 152 valence electrons. The quantitative estimate of drug-likeness (QED) is 0.346. The third kappa shape index (κ3) is 4.73. The molecular weight excluding hydrogens is 371 g/mol. The zero-order valence-corrected chi connectivity index (χ0v) is 15.7. The second kappa shape index (κ2) is 9.06. The minimum atomic E-state index is -2.09. The van der Waals surface area contributed by atoms with Crippen molar-refractivity contribution >= 4 is 0 Å². The van der Waals surface area contributed by atoms with Crippen LogP contribution in [0.4, 0.5) is 22.0 Å². The minimum Gasteiger partial charge on any atom is -0.206 e. The van der Waals surface area contributed by atoms with E-state index >= 15 is 0 Å². The van der Waals surface area contributed by atoms with Crippen molar-refractivity contribution in [2.24, 2.45) is 11.8 Å². The first-order valence-electron chi connectivity index (χ1n) is 11.7. The molecule has 1 aliphatic rings. The third-order valence-corrected chi connectivity index (χ3v) is 5.53. The molecule has 0 atom stereocenters. The van der Waals surface area contributed by atoms with Gasteiger partial charge in [-0.2, -0.15) is 0 Å². The Morgan fingerprint density at radius 2 is 1.29 bits per heavy atom. The van der Waals surface area contributed by atoms with Gasteiger partial charge in [0.15, 0.2) is 17.5 Å². The minimum absolute atomic E-state index is 0.0997. The van der Waals surface area contributed by atoms with Crippen molar-refractivity contribution in [1.29, 1.82) is 0 Å². The third-order valence-electron chi connectivity index (χ3n) is 5.53. The molecule has 0 bridgehead atoms. The standard InChI is InChI=1S/C23H25F5/c1-2-3-14-4-6-15(7-5-14)8-9-16-10-18(24)22(19(25)11-16)17-12-20(26)23(28)21(27)13-17/h10-15H,2-9H2,1H3/i10D,11D,12D,13D. The maximum atomic E-state index is 15.0. The zero-order valence-electron chi connectivity index (χ0n) is 19.7. The number of hydrogen-bond acceptors (Lipinski definition) is 0. The maximum Gasteiger partial charge on any atom is 0.194 e. The fourth-order valence-electron chi connectivity index (χ4n) is 4.01. The molecule has 0 nitrogen and oxygen atoms in total. The lowest BCUT2D eigenvalue weighted by Gasteiger charge is -2.28. The van der Waals surface area contributed by atoms with Gasteiger partial charge in [0.2, 0.25) is 0 Å². The van der Waals surface area contributed by atoms with Gasteiger partial charge in [-0.25, -0.2) is 22.0 Å². The Kier molecular flexibility index (Phi) is 5.16. The van der Waals surface area contributed by atoms with E-state index in [1.165, 1.54) is 6.42 Å². The predicted octanol–water partition coefficient (Wildman–Crippen LogP) is 7.59. The van der Waals surface area contributed by atoms with Crippen LogP contribution in [-0.2, 0) is 6.42 Å². The Morgan fingerprint density at radius 3 is 1.79 bits per heavy atom. The van der Waals surface area contributed by atoms with Crippen LogP contribution in [0.5, 0.6) is 0 Å². The summed E-state index contributed by atoms with van der Waals surface area (Å²) in [6, 6.07) is -4.42. The monoisotopic (exact) mass is 400 g/mol. The van der Waals surface area contributed by atoms with E-state index in [2.05, 4.69) is 6.92 Å². The highest BCUT2D eigenvalue weighted by Crippen LogP contribution is 2.35. The Morgan fingerprint density at radius 1 is 0.786 bits per heavy atom. The van der Waals surface area contributed by atoms with Gasteiger partial charge in [0.05, 0.1) is 11.0 Å². The summed E-state index contributed by atoms with van der Waals surface area (Å²) < 4.78 is 102. The van der Waals surface area contributed by atoms with Crippen molar-refractivity contribution in [3.8, 4) is 11.1 Å². The molecule has 5 heteroatoms. The highest BCUT2D eigenvalue weighted by molar-refractivity contribution is 5.65. The Labute approximate surface area is 168 Å². The van der Waals surface area contributed by atoms with E-state index in [0.29, 0.717) is 18.3 Å². The van der Waals surface area contributed by atoms with E-state index in [1.54, 1.807) is 0 Å². The number of hydrogen-bond donors (Lipinski definition) is 0. The van der Waals surface area contributed by atoms with Crippen molar-refractivity contribution in [2.45, 2.75) is 58.3 Å². The zero-order chi connectivity index (χ0) is 23.7. The molecule has 3 rings (SSSR count). The molecule has 0 saturated heterocycles. The molecule has 0 amide bonds. The average Bonchev–Trinajstić information content (AvgIpc) is 2.78. The van der Waals surface area contributed by atoms with E-state index in [9.17, 15) is 22.0 Å². The van der Waals surface area contributed by atoms with E-state index in [4.69, 9.17) is 5.48 Å². The highest BCUT2D eigenvalue weighted by atomic mass is 19.2. The van der Waals surface area contributed by atoms with Crippen LogP contribution in [0.1, 0.15) is 62.9 Å². The Balaban J connectivity index is 1.93. The van der Waals surface area contributed by atoms with Gasteiger partial charge in [0.25, 0.3) is 0 Å². The number of benzene rings is 2. The summed E-state index contributed by atoms with van der Waals surface area (Å²) in [5.74, 6) is -8.10. The van der Waals surface area contributed by atoms with Crippen LogP contribution >= 0.6 is 0 Å². The lowest BCUT2D eigenvalue weighted by atomic mass is 9.78. The molecule has 1 aliphatic carbocycles. The molecule has 0 spiro atoms. The second-order valence-corrected chi connectivity index (χ2v) is 7.51. The fraction of sp³-hybridized carbons (Fsp3) is 0.478. The molecule has 1 fully saturated rings. The molecule has 2 aromatic carbocycles. The summed E-state index contributed by atoms with van der Waals surface area (Å²) >= 11 is 0. The van der Waals surface area contributed by atoms with Crippen LogP contribution in [0.15, 0.2) is 24.2 Å². The van der Waals surface area contributed by atoms with Gasteiger partial charge in [-0.1, -0.05) is 45.4 Å². The van der Waals surface area contributed by atoms with Crippen LogP contribution in [0.3, 0.4) is 0 Å². The predicted molar refractivity (Wildman–Crippen MR) is 100 cm³/mol. The largest absolute Gasteiger partial charge is 0.206 e. The van der Waals surface area contributed by atoms with Crippen LogP contribution in [0, 0.1) is 40.9 Å². The van der Waals surface area contributed by atoms with Gasteiger partial charge in [-0.15, -0.1) is 0 Å². The van der Waals surface area contributed by atoms with Gasteiger partial charge >= 0.3 is 0 Å². The van der Waals surface area contributed by atoms with Gasteiger partial charge in [-0.3, -0.25) is 0 Å². The molecule has 1 saturated carbocycles. The summed E-state index contributed by atoms with van der Waals surface area (Å²) in [6.45, 7) is 2.15. The molecule has 0 unspecified atom stereocenters. The SMILES string of the molecule is [2H]c1c(F)c(-c2c([2H])c(F)c(F)c(F)c2[2H])c(F)c([2H])c1CCC1CCC(CCC)CC1. The summed E-state index contributed by atoms with van der Waals surface area (Å²) in [5.41, 5.74) is -2.55. The van der Waals surface area contributed by atoms with Gasteiger partial charge < -0.3 is 0 Å². The van der Waals surface area contributed by atoms with Gasteiger partial charge in [-0.05, 0) is 60.0 Å². The van der Waals surface area contributed by atoms with Crippen LogP contribution < -0.4 is 0 Å². The summed E-state index contributed by atoms with van der Waals surface area (Å²) in [5, 5.41) is 0. The van der Waals surface area contributed by atoms with Crippen molar-refractivity contribution < 1.29 is 27.4 Å². The molecule has 0 aromatic heterocycles. The Bertz CT molecular complexity index is 958. The highest BCUT2D eigenvalue weighted by Gasteiger charge is 2.22. The van der Waals surface area contributed by atoms with Crippen LogP contribution in [-0.4, -0.2) is 0 Å². The topological polar surface area (TPSA) is 0 Å². The second-order valence-electron chi connectivity index (χ2n) is 7.51. The smallest absolute Gasteiger partial charge is 0.194 e. The molecule has 28 heavy (non-hydrogen) atoms. The normalized spacial score (nSPS) is 21.8. The molecule has 0 radical (unpaired) electrons. The van der Waals surface area contributed by atoms with E-state index in [-0.39, 0.29) is 12.0 Å². The Hall–Kier alpha value is -1.91. The lowest BCUT2D eigenvalue weighted by molar-refractivity contribution is 0.252. The molecule has 0 aliphatic heterocycles. The lowest BCUT2D eigenvalue weighted by Crippen LogP contribution is -2.15. The van der Waals surface area contributed by atoms with Crippen molar-refractivity contribution in [1.82, 2.24) is 0 Å². The van der Waals surface area contributed by atoms with Crippen molar-refractivity contribution in [3.63, 3.8) is 0 Å². The molecule has 2 aromatic rings. The molecule has 0 heterocycles. The number of rotatable bonds is 6. The van der Waals surface area contributed by atoms with Gasteiger partial charge in [0, 0.05) is 0 Å². The van der Waals surface area contributed by atoms with Crippen LogP contribution in [0.2, 0.25) is 0 Å². The van der Waals surface area contributed by atoms with E-state index < -0.39 is 64.4 Å². The van der Waals surface area contributed by atoms with Crippen molar-refractivity contribution in [3.05, 3.63) is 58.8 Å². The van der Waals surface area contributed by atoms with Crippen LogP contribution in [0.25, 0.3) is 11.1 Å². The molecular formula is C23H25F5. The summed E-state index contributed by atoms with van der Waals surface area (Å²) in [7, 11) is 0. The van der Waals surface area contributed by atoms with E-state index in [1.807, 2.05) is 0 Å². The average molecular weight is 400 g/mol. The summed E-state index contributed by atoms with van der Waals surface area (Å²) in [4.78, 5) is 0. The van der Waals surface area contributed by atoms with Gasteiger partial charge in [0.1, 0.15) is 11.6 Å². The fourth-order valence-corrected chi connectivity index (χ4v) is 4.01. The first-order valence-corrected chi connectivity index (χ1v) is 9.71. The number of halogens is 5. The first kappa shape index (κ1) is 15.9.